The number of aromatic nitrogens is 1. The molecule has 0 amide bonds. The Balaban J connectivity index is 1.95. The summed E-state index contributed by atoms with van der Waals surface area (Å²) in [7, 11) is -0.375. The monoisotopic (exact) mass is 294 g/mol. The molecule has 2 aliphatic rings. The second-order valence-corrected chi connectivity index (χ2v) is 6.97. The number of nitrogens with one attached hydrogen (secondary N) is 1. The summed E-state index contributed by atoms with van der Waals surface area (Å²) < 4.78 is 12.2. The minimum absolute atomic E-state index is 0.341. The SMILES string of the molecule is CC1(C)OB(c2cnc(Cl)cc2C2CNC2)OC1(C)C. The molecule has 3 heterocycles. The van der Waals surface area contributed by atoms with Crippen molar-refractivity contribution in [1.29, 1.82) is 0 Å². The highest BCUT2D eigenvalue weighted by molar-refractivity contribution is 6.62. The molecule has 2 aliphatic heterocycles. The molecule has 108 valence electrons. The lowest BCUT2D eigenvalue weighted by atomic mass is 9.73. The second kappa shape index (κ2) is 4.70. The summed E-state index contributed by atoms with van der Waals surface area (Å²) in [5.41, 5.74) is 1.50. The number of hydrogen-bond donors (Lipinski definition) is 1. The minimum atomic E-state index is -0.375. The molecule has 6 heteroatoms. The highest BCUT2D eigenvalue weighted by atomic mass is 35.5. The number of pyridine rings is 1. The van der Waals surface area contributed by atoms with Crippen LogP contribution < -0.4 is 10.8 Å². The highest BCUT2D eigenvalue weighted by Gasteiger charge is 2.52. The van der Waals surface area contributed by atoms with Crippen molar-refractivity contribution < 1.29 is 9.31 Å². The fourth-order valence-electron chi connectivity index (χ4n) is 2.48. The minimum Gasteiger partial charge on any atom is -0.399 e. The molecule has 0 saturated carbocycles. The summed E-state index contributed by atoms with van der Waals surface area (Å²) in [5.74, 6) is 0.463. The van der Waals surface area contributed by atoms with E-state index in [1.807, 2.05) is 6.07 Å². The maximum atomic E-state index is 6.12. The van der Waals surface area contributed by atoms with E-state index in [2.05, 4.69) is 38.0 Å². The van der Waals surface area contributed by atoms with Gasteiger partial charge in [0.1, 0.15) is 5.15 Å². The van der Waals surface area contributed by atoms with Gasteiger partial charge in [0, 0.05) is 30.7 Å². The standard InChI is InChI=1S/C14H20BClN2O2/c1-13(2)14(3,4)20-15(19-13)11-8-18-12(16)5-10(11)9-6-17-7-9/h5,8-9,17H,6-7H2,1-4H3. The first kappa shape index (κ1) is 14.3. The Labute approximate surface area is 125 Å². The van der Waals surface area contributed by atoms with Crippen LogP contribution in [0.1, 0.15) is 39.2 Å². The van der Waals surface area contributed by atoms with Crippen LogP contribution in [-0.2, 0) is 9.31 Å². The average molecular weight is 295 g/mol. The second-order valence-electron chi connectivity index (χ2n) is 6.58. The molecule has 20 heavy (non-hydrogen) atoms. The molecule has 0 bridgehead atoms. The van der Waals surface area contributed by atoms with E-state index in [1.54, 1.807) is 6.20 Å². The summed E-state index contributed by atoms with van der Waals surface area (Å²) in [4.78, 5) is 4.21. The van der Waals surface area contributed by atoms with E-state index in [9.17, 15) is 0 Å². The topological polar surface area (TPSA) is 43.4 Å². The van der Waals surface area contributed by atoms with Crippen LogP contribution in [0.15, 0.2) is 12.3 Å². The van der Waals surface area contributed by atoms with Gasteiger partial charge in [0.05, 0.1) is 11.2 Å². The molecular formula is C14H20BClN2O2. The normalized spacial score (nSPS) is 24.8. The van der Waals surface area contributed by atoms with Gasteiger partial charge in [0.2, 0.25) is 0 Å². The van der Waals surface area contributed by atoms with Gasteiger partial charge in [-0.1, -0.05) is 11.6 Å². The molecule has 0 aliphatic carbocycles. The van der Waals surface area contributed by atoms with E-state index in [-0.39, 0.29) is 18.3 Å². The van der Waals surface area contributed by atoms with E-state index in [4.69, 9.17) is 20.9 Å². The molecule has 0 spiro atoms. The first-order valence-corrected chi connectivity index (χ1v) is 7.40. The fourth-order valence-corrected chi connectivity index (χ4v) is 2.65. The van der Waals surface area contributed by atoms with Crippen molar-refractivity contribution in [3.63, 3.8) is 0 Å². The van der Waals surface area contributed by atoms with Crippen LogP contribution in [-0.4, -0.2) is 36.4 Å². The van der Waals surface area contributed by atoms with Crippen molar-refractivity contribution in [1.82, 2.24) is 10.3 Å². The largest absolute Gasteiger partial charge is 0.496 e. The Morgan fingerprint density at radius 1 is 1.25 bits per heavy atom. The van der Waals surface area contributed by atoms with E-state index < -0.39 is 0 Å². The summed E-state index contributed by atoms with van der Waals surface area (Å²) in [6.45, 7) is 10.2. The molecule has 3 rings (SSSR count). The maximum absolute atomic E-state index is 6.12. The van der Waals surface area contributed by atoms with Crippen LogP contribution in [0.25, 0.3) is 0 Å². The predicted octanol–water partition coefficient (Wildman–Crippen LogP) is 1.72. The van der Waals surface area contributed by atoms with Crippen LogP contribution >= 0.6 is 11.6 Å². The van der Waals surface area contributed by atoms with Crippen LogP contribution in [0.5, 0.6) is 0 Å². The summed E-state index contributed by atoms with van der Waals surface area (Å²) in [5, 5.41) is 3.80. The molecular weight excluding hydrogens is 274 g/mol. The Morgan fingerprint density at radius 2 is 1.85 bits per heavy atom. The van der Waals surface area contributed by atoms with Crippen LogP contribution in [0.4, 0.5) is 0 Å². The maximum Gasteiger partial charge on any atom is 0.496 e. The molecule has 1 aromatic heterocycles. The van der Waals surface area contributed by atoms with Gasteiger partial charge in [-0.25, -0.2) is 4.98 Å². The molecule has 2 fully saturated rings. The zero-order chi connectivity index (χ0) is 14.5. The number of rotatable bonds is 2. The van der Waals surface area contributed by atoms with Gasteiger partial charge in [-0.05, 0) is 39.3 Å². The Kier molecular flexibility index (Phi) is 3.37. The lowest BCUT2D eigenvalue weighted by molar-refractivity contribution is 0.00578. The lowest BCUT2D eigenvalue weighted by Gasteiger charge is -2.32. The van der Waals surface area contributed by atoms with Crippen molar-refractivity contribution in [3.05, 3.63) is 23.0 Å². The van der Waals surface area contributed by atoms with Gasteiger partial charge in [0.25, 0.3) is 0 Å². The Morgan fingerprint density at radius 3 is 2.35 bits per heavy atom. The van der Waals surface area contributed by atoms with Gasteiger partial charge < -0.3 is 14.6 Å². The van der Waals surface area contributed by atoms with Gasteiger partial charge in [-0.2, -0.15) is 0 Å². The van der Waals surface area contributed by atoms with Crippen molar-refractivity contribution in [2.75, 3.05) is 13.1 Å². The number of nitrogens with zero attached hydrogens (tertiary/aromatic N) is 1. The Bertz CT molecular complexity index is 516. The predicted molar refractivity (Wildman–Crippen MR) is 80.6 cm³/mol. The van der Waals surface area contributed by atoms with Crippen molar-refractivity contribution in [2.24, 2.45) is 0 Å². The van der Waals surface area contributed by atoms with E-state index in [1.165, 1.54) is 5.56 Å². The fraction of sp³-hybridized carbons (Fsp3) is 0.643. The number of hydrogen-bond acceptors (Lipinski definition) is 4. The summed E-state index contributed by atoms with van der Waals surface area (Å²) in [6, 6.07) is 1.94. The van der Waals surface area contributed by atoms with Crippen molar-refractivity contribution >= 4 is 24.2 Å². The van der Waals surface area contributed by atoms with Gasteiger partial charge >= 0.3 is 7.12 Å². The van der Waals surface area contributed by atoms with E-state index >= 15 is 0 Å². The van der Waals surface area contributed by atoms with Crippen molar-refractivity contribution in [2.45, 2.75) is 44.8 Å². The molecule has 1 aromatic rings. The first-order valence-electron chi connectivity index (χ1n) is 7.02. The zero-order valence-electron chi connectivity index (χ0n) is 12.4. The van der Waals surface area contributed by atoms with Gasteiger partial charge in [0.15, 0.2) is 0 Å². The molecule has 0 aromatic carbocycles. The molecule has 0 atom stereocenters. The molecule has 1 N–H and O–H groups in total. The lowest BCUT2D eigenvalue weighted by Crippen LogP contribution is -2.46. The Hall–Kier alpha value is -0.615. The van der Waals surface area contributed by atoms with Crippen LogP contribution in [0, 0.1) is 0 Å². The molecule has 0 unspecified atom stereocenters. The van der Waals surface area contributed by atoms with Gasteiger partial charge in [-0.3, -0.25) is 0 Å². The van der Waals surface area contributed by atoms with Crippen LogP contribution in [0.2, 0.25) is 5.15 Å². The van der Waals surface area contributed by atoms with E-state index in [0.717, 1.165) is 18.6 Å². The van der Waals surface area contributed by atoms with Crippen molar-refractivity contribution in [3.8, 4) is 0 Å². The first-order chi connectivity index (χ1) is 9.30. The molecule has 2 saturated heterocycles. The molecule has 0 radical (unpaired) electrons. The third-order valence-corrected chi connectivity index (χ3v) is 4.87. The number of halogens is 1. The highest BCUT2D eigenvalue weighted by Crippen LogP contribution is 2.37. The quantitative estimate of drug-likeness (QED) is 0.666. The van der Waals surface area contributed by atoms with E-state index in [0.29, 0.717) is 11.1 Å². The molecule has 4 nitrogen and oxygen atoms in total. The van der Waals surface area contributed by atoms with Crippen LogP contribution in [0.3, 0.4) is 0 Å². The summed E-state index contributed by atoms with van der Waals surface area (Å²) in [6.07, 6.45) is 1.79. The zero-order valence-corrected chi connectivity index (χ0v) is 13.1. The van der Waals surface area contributed by atoms with Gasteiger partial charge in [-0.15, -0.1) is 0 Å². The average Bonchev–Trinajstić information content (AvgIpc) is 2.45. The summed E-state index contributed by atoms with van der Waals surface area (Å²) >= 11 is 6.05. The third-order valence-electron chi connectivity index (χ3n) is 4.66. The smallest absolute Gasteiger partial charge is 0.399 e. The third kappa shape index (κ3) is 2.27.